The first-order valence-electron chi connectivity index (χ1n) is 8.65. The largest absolute Gasteiger partial charge is 0.368 e. The van der Waals surface area contributed by atoms with Crippen molar-refractivity contribution in [1.82, 2.24) is 4.98 Å². The summed E-state index contributed by atoms with van der Waals surface area (Å²) < 4.78 is 0. The molecular weight excluding hydrogens is 344 g/mol. The van der Waals surface area contributed by atoms with Crippen LogP contribution in [0.3, 0.4) is 0 Å². The smallest absolute Gasteiger partial charge is 0.265 e. The van der Waals surface area contributed by atoms with Crippen LogP contribution in [-0.4, -0.2) is 37.1 Å². The van der Waals surface area contributed by atoms with Crippen molar-refractivity contribution in [1.29, 1.82) is 0 Å². The van der Waals surface area contributed by atoms with Crippen LogP contribution in [0.4, 0.5) is 17.2 Å². The lowest BCUT2D eigenvalue weighted by molar-refractivity contribution is 0.103. The Morgan fingerprint density at radius 3 is 2.35 bits per heavy atom. The highest BCUT2D eigenvalue weighted by atomic mass is 32.1. The fourth-order valence-electron chi connectivity index (χ4n) is 3.09. The molecule has 0 radical (unpaired) electrons. The number of amides is 1. The van der Waals surface area contributed by atoms with Gasteiger partial charge in [-0.2, -0.15) is 0 Å². The molecule has 1 aliphatic rings. The number of rotatable bonds is 4. The minimum absolute atomic E-state index is 0.0586. The molecule has 1 aliphatic heterocycles. The number of hydrogen-bond donors (Lipinski definition) is 1. The molecule has 2 aromatic heterocycles. The maximum atomic E-state index is 12.1. The molecule has 1 saturated heterocycles. The fourth-order valence-corrected chi connectivity index (χ4v) is 3.71. The summed E-state index contributed by atoms with van der Waals surface area (Å²) in [6.45, 7) is 3.82. The van der Waals surface area contributed by atoms with Gasteiger partial charge in [-0.25, -0.2) is 4.98 Å². The topological polar surface area (TPSA) is 48.5 Å². The highest BCUT2D eigenvalue weighted by Crippen LogP contribution is 2.22. The number of pyridine rings is 1. The zero-order valence-electron chi connectivity index (χ0n) is 14.3. The zero-order chi connectivity index (χ0) is 17.8. The highest BCUT2D eigenvalue weighted by molar-refractivity contribution is 7.12. The van der Waals surface area contributed by atoms with E-state index in [-0.39, 0.29) is 5.91 Å². The van der Waals surface area contributed by atoms with Gasteiger partial charge < -0.3 is 15.1 Å². The summed E-state index contributed by atoms with van der Waals surface area (Å²) in [6.07, 6.45) is 1.84. The van der Waals surface area contributed by atoms with Gasteiger partial charge in [-0.15, -0.1) is 11.3 Å². The van der Waals surface area contributed by atoms with Crippen LogP contribution < -0.4 is 15.1 Å². The van der Waals surface area contributed by atoms with E-state index in [2.05, 4.69) is 38.3 Å². The number of thiophene rings is 1. The van der Waals surface area contributed by atoms with Crippen molar-refractivity contribution >= 4 is 34.4 Å². The Bertz CT molecular complexity index is 841. The summed E-state index contributed by atoms with van der Waals surface area (Å²) in [6, 6.07) is 17.8. The lowest BCUT2D eigenvalue weighted by Crippen LogP contribution is -2.46. The van der Waals surface area contributed by atoms with Crippen molar-refractivity contribution in [2.24, 2.45) is 0 Å². The lowest BCUT2D eigenvalue weighted by Gasteiger charge is -2.36. The van der Waals surface area contributed by atoms with Crippen LogP contribution in [0.1, 0.15) is 9.67 Å². The number of nitrogens with one attached hydrogen (secondary N) is 1. The molecular formula is C20H20N4OS. The molecule has 0 spiro atoms. The Labute approximate surface area is 156 Å². The molecule has 1 amide bonds. The van der Waals surface area contributed by atoms with Crippen molar-refractivity contribution in [3.05, 3.63) is 71.1 Å². The second-order valence-electron chi connectivity index (χ2n) is 6.14. The number of anilines is 3. The summed E-state index contributed by atoms with van der Waals surface area (Å²) in [5.74, 6) is 0.982. The highest BCUT2D eigenvalue weighted by Gasteiger charge is 2.18. The van der Waals surface area contributed by atoms with E-state index in [0.717, 1.165) is 42.6 Å². The molecule has 0 atom stereocenters. The van der Waals surface area contributed by atoms with E-state index < -0.39 is 0 Å². The van der Waals surface area contributed by atoms with Gasteiger partial charge in [0.2, 0.25) is 0 Å². The SMILES string of the molecule is O=C(Nc1ccc(N2CCN(c3ccccn3)CC2)cc1)c1cccs1. The monoisotopic (exact) mass is 364 g/mol. The summed E-state index contributed by atoms with van der Waals surface area (Å²) in [4.78, 5) is 21.9. The third-order valence-electron chi connectivity index (χ3n) is 4.49. The van der Waals surface area contributed by atoms with Gasteiger partial charge in [0.1, 0.15) is 5.82 Å². The van der Waals surface area contributed by atoms with Crippen molar-refractivity contribution in [3.63, 3.8) is 0 Å². The molecule has 1 aromatic carbocycles. The van der Waals surface area contributed by atoms with Crippen molar-refractivity contribution in [2.45, 2.75) is 0 Å². The molecule has 4 rings (SSSR count). The van der Waals surface area contributed by atoms with Crippen LogP contribution in [-0.2, 0) is 0 Å². The number of piperazine rings is 1. The van der Waals surface area contributed by atoms with Gasteiger partial charge in [0, 0.05) is 43.8 Å². The average Bonchev–Trinajstić information content (AvgIpc) is 3.25. The minimum atomic E-state index is -0.0586. The van der Waals surface area contributed by atoms with Gasteiger partial charge in [-0.3, -0.25) is 4.79 Å². The zero-order valence-corrected chi connectivity index (χ0v) is 15.2. The molecule has 1 fully saturated rings. The van der Waals surface area contributed by atoms with Crippen LogP contribution in [0.25, 0.3) is 0 Å². The molecule has 0 aliphatic carbocycles. The Balaban J connectivity index is 1.35. The van der Waals surface area contributed by atoms with Crippen LogP contribution in [0, 0.1) is 0 Å². The maximum Gasteiger partial charge on any atom is 0.265 e. The Morgan fingerprint density at radius 1 is 0.923 bits per heavy atom. The predicted molar refractivity (Wildman–Crippen MR) is 107 cm³/mol. The summed E-state index contributed by atoms with van der Waals surface area (Å²) >= 11 is 1.44. The lowest BCUT2D eigenvalue weighted by atomic mass is 10.2. The number of aromatic nitrogens is 1. The number of hydrogen-bond acceptors (Lipinski definition) is 5. The maximum absolute atomic E-state index is 12.1. The van der Waals surface area contributed by atoms with E-state index >= 15 is 0 Å². The van der Waals surface area contributed by atoms with E-state index in [1.807, 2.05) is 48.0 Å². The first-order valence-corrected chi connectivity index (χ1v) is 9.53. The number of carbonyl (C=O) groups is 1. The van der Waals surface area contributed by atoms with Gasteiger partial charge in [-0.05, 0) is 47.8 Å². The normalized spacial score (nSPS) is 14.3. The predicted octanol–water partition coefficient (Wildman–Crippen LogP) is 3.72. The van der Waals surface area contributed by atoms with E-state index in [9.17, 15) is 4.79 Å². The second kappa shape index (κ2) is 7.58. The minimum Gasteiger partial charge on any atom is -0.368 e. The van der Waals surface area contributed by atoms with Gasteiger partial charge in [-0.1, -0.05) is 12.1 Å². The Kier molecular flexibility index (Phi) is 4.84. The molecule has 0 bridgehead atoms. The Morgan fingerprint density at radius 2 is 1.69 bits per heavy atom. The van der Waals surface area contributed by atoms with E-state index in [1.54, 1.807) is 0 Å². The molecule has 1 N–H and O–H groups in total. The quantitative estimate of drug-likeness (QED) is 0.766. The third kappa shape index (κ3) is 3.70. The number of carbonyl (C=O) groups excluding carboxylic acids is 1. The van der Waals surface area contributed by atoms with Crippen LogP contribution in [0.15, 0.2) is 66.2 Å². The molecule has 6 heteroatoms. The van der Waals surface area contributed by atoms with Gasteiger partial charge in [0.15, 0.2) is 0 Å². The molecule has 5 nitrogen and oxygen atoms in total. The summed E-state index contributed by atoms with van der Waals surface area (Å²) in [5.41, 5.74) is 2.00. The van der Waals surface area contributed by atoms with Crippen molar-refractivity contribution in [2.75, 3.05) is 41.3 Å². The molecule has 26 heavy (non-hydrogen) atoms. The van der Waals surface area contributed by atoms with E-state index in [4.69, 9.17) is 0 Å². The average molecular weight is 364 g/mol. The summed E-state index contributed by atoms with van der Waals surface area (Å²) in [5, 5.41) is 4.84. The molecule has 3 aromatic rings. The van der Waals surface area contributed by atoms with Crippen molar-refractivity contribution < 1.29 is 4.79 Å². The van der Waals surface area contributed by atoms with Crippen LogP contribution in [0.2, 0.25) is 0 Å². The first kappa shape index (κ1) is 16.6. The molecule has 0 unspecified atom stereocenters. The molecule has 132 valence electrons. The van der Waals surface area contributed by atoms with Gasteiger partial charge >= 0.3 is 0 Å². The second-order valence-corrected chi connectivity index (χ2v) is 7.09. The standard InChI is InChI=1S/C20H20N4OS/c25-20(18-4-3-15-26-18)22-16-6-8-17(9-7-16)23-11-13-24(14-12-23)19-5-1-2-10-21-19/h1-10,15H,11-14H2,(H,22,25). The van der Waals surface area contributed by atoms with E-state index in [1.165, 1.54) is 17.0 Å². The van der Waals surface area contributed by atoms with E-state index in [0.29, 0.717) is 0 Å². The van der Waals surface area contributed by atoms with Crippen molar-refractivity contribution in [3.8, 4) is 0 Å². The molecule has 3 heterocycles. The summed E-state index contributed by atoms with van der Waals surface area (Å²) in [7, 11) is 0. The van der Waals surface area contributed by atoms with Crippen LogP contribution >= 0.6 is 11.3 Å². The number of nitrogens with zero attached hydrogens (tertiary/aromatic N) is 3. The molecule has 0 saturated carbocycles. The van der Waals surface area contributed by atoms with Crippen LogP contribution in [0.5, 0.6) is 0 Å². The number of benzene rings is 1. The Hall–Kier alpha value is -2.86. The fraction of sp³-hybridized carbons (Fsp3) is 0.200. The van der Waals surface area contributed by atoms with Gasteiger partial charge in [0.05, 0.1) is 4.88 Å². The van der Waals surface area contributed by atoms with Gasteiger partial charge in [0.25, 0.3) is 5.91 Å². The third-order valence-corrected chi connectivity index (χ3v) is 5.36. The first-order chi connectivity index (χ1) is 12.8.